The number of rotatable bonds is 6. The maximum absolute atomic E-state index is 12.8. The van der Waals surface area contributed by atoms with Crippen molar-refractivity contribution in [3.8, 4) is 22.5 Å². The summed E-state index contributed by atoms with van der Waals surface area (Å²) in [6, 6.07) is 13.9. The van der Waals surface area contributed by atoms with Gasteiger partial charge in [-0.05, 0) is 60.7 Å². The highest BCUT2D eigenvalue weighted by atomic mass is 31.2. The number of ether oxygens (including phenoxy) is 2. The van der Waals surface area contributed by atoms with Crippen LogP contribution in [0.4, 0.5) is 5.82 Å². The summed E-state index contributed by atoms with van der Waals surface area (Å²) < 4.78 is 31.6. The summed E-state index contributed by atoms with van der Waals surface area (Å²) in [6.07, 6.45) is 6.63. The molecule has 2 saturated heterocycles. The first-order valence-electron chi connectivity index (χ1n) is 13.1. The van der Waals surface area contributed by atoms with Gasteiger partial charge < -0.3 is 18.9 Å². The number of benzene rings is 1. The molecule has 10 heteroatoms. The molecule has 2 aliphatic rings. The van der Waals surface area contributed by atoms with Crippen molar-refractivity contribution in [2.24, 2.45) is 0 Å². The Morgan fingerprint density at radius 1 is 1.03 bits per heavy atom. The quantitative estimate of drug-likeness (QED) is 0.324. The first-order chi connectivity index (χ1) is 18.5. The summed E-state index contributed by atoms with van der Waals surface area (Å²) in [5, 5.41) is 6.29. The number of hydrogen-bond donors (Lipinski definition) is 0. The van der Waals surface area contributed by atoms with Gasteiger partial charge in [0, 0.05) is 56.6 Å². The van der Waals surface area contributed by atoms with Crippen LogP contribution in [-0.2, 0) is 18.6 Å². The molecule has 0 bridgehead atoms. The fourth-order valence-electron chi connectivity index (χ4n) is 5.18. The molecule has 2 unspecified atom stereocenters. The average Bonchev–Trinajstić information content (AvgIpc) is 3.47. The normalized spacial score (nSPS) is 19.9. The van der Waals surface area contributed by atoms with Gasteiger partial charge in [0.25, 0.3) is 0 Å². The molecule has 2 fully saturated rings. The van der Waals surface area contributed by atoms with E-state index >= 15 is 0 Å². The van der Waals surface area contributed by atoms with E-state index in [0.29, 0.717) is 18.5 Å². The van der Waals surface area contributed by atoms with Gasteiger partial charge in [0.05, 0.1) is 18.9 Å². The number of pyridine rings is 2. The predicted octanol–water partition coefficient (Wildman–Crippen LogP) is 4.88. The summed E-state index contributed by atoms with van der Waals surface area (Å²) in [5.41, 5.74) is 4.52. The zero-order chi connectivity index (χ0) is 26.1. The molecule has 5 heterocycles. The number of hydrogen-bond acceptors (Lipinski definition) is 8. The molecule has 4 aromatic rings. The molecule has 6 rings (SSSR count). The minimum absolute atomic E-state index is 0.106. The molecule has 2 aliphatic heterocycles. The average molecular weight is 534 g/mol. The molecular weight excluding hydrogens is 501 g/mol. The highest BCUT2D eigenvalue weighted by Crippen LogP contribution is 2.41. The van der Waals surface area contributed by atoms with Crippen LogP contribution < -0.4 is 10.2 Å². The molecule has 0 spiro atoms. The van der Waals surface area contributed by atoms with Crippen molar-refractivity contribution < 1.29 is 18.6 Å². The van der Waals surface area contributed by atoms with Crippen molar-refractivity contribution >= 4 is 29.4 Å². The molecule has 0 amide bonds. The highest BCUT2D eigenvalue weighted by molar-refractivity contribution is 7.66. The third-order valence-corrected chi connectivity index (χ3v) is 9.32. The third kappa shape index (κ3) is 4.76. The zero-order valence-corrected chi connectivity index (χ0v) is 22.6. The van der Waals surface area contributed by atoms with Crippen LogP contribution >= 0.6 is 7.37 Å². The van der Waals surface area contributed by atoms with Crippen LogP contribution in [-0.4, -0.2) is 66.4 Å². The monoisotopic (exact) mass is 533 g/mol. The van der Waals surface area contributed by atoms with Crippen molar-refractivity contribution in [3.63, 3.8) is 0 Å². The number of aromatic nitrogens is 4. The van der Waals surface area contributed by atoms with Crippen LogP contribution in [0.2, 0.25) is 0 Å². The maximum Gasteiger partial charge on any atom is 0.228 e. The van der Waals surface area contributed by atoms with E-state index < -0.39 is 7.37 Å². The molecule has 0 aliphatic carbocycles. The van der Waals surface area contributed by atoms with Crippen molar-refractivity contribution in [3.05, 3.63) is 54.9 Å². The molecule has 198 valence electrons. The second-order valence-electron chi connectivity index (χ2n) is 9.74. The molecule has 1 aromatic carbocycles. The summed E-state index contributed by atoms with van der Waals surface area (Å²) >= 11 is 0. The minimum Gasteiger partial charge on any atom is -0.378 e. The van der Waals surface area contributed by atoms with Crippen molar-refractivity contribution in [2.45, 2.75) is 25.5 Å². The fraction of sp³-hybridized carbons (Fsp3) is 0.393. The van der Waals surface area contributed by atoms with Crippen LogP contribution in [0.5, 0.6) is 0 Å². The molecule has 3 aromatic heterocycles. The molecule has 9 nitrogen and oxygen atoms in total. The fourth-order valence-corrected chi connectivity index (χ4v) is 6.09. The van der Waals surface area contributed by atoms with Crippen LogP contribution in [0.25, 0.3) is 33.4 Å². The van der Waals surface area contributed by atoms with Gasteiger partial charge >= 0.3 is 0 Å². The van der Waals surface area contributed by atoms with E-state index in [0.717, 1.165) is 78.2 Å². The molecule has 0 radical (unpaired) electrons. The maximum atomic E-state index is 12.8. The van der Waals surface area contributed by atoms with Crippen molar-refractivity contribution in [1.82, 2.24) is 19.7 Å². The number of anilines is 1. The van der Waals surface area contributed by atoms with Crippen LogP contribution in [0.15, 0.2) is 54.9 Å². The lowest BCUT2D eigenvalue weighted by Crippen LogP contribution is -2.36. The van der Waals surface area contributed by atoms with E-state index in [4.69, 9.17) is 24.0 Å². The van der Waals surface area contributed by atoms with Crippen LogP contribution in [0, 0.1) is 0 Å². The van der Waals surface area contributed by atoms with Gasteiger partial charge in [-0.25, -0.2) is 9.67 Å². The number of morpholine rings is 1. The minimum atomic E-state index is -2.84. The van der Waals surface area contributed by atoms with E-state index in [-0.39, 0.29) is 6.23 Å². The van der Waals surface area contributed by atoms with Gasteiger partial charge in [-0.2, -0.15) is 5.10 Å². The number of fused-ring (bicyclic) bond motifs is 1. The summed E-state index contributed by atoms with van der Waals surface area (Å²) in [4.78, 5) is 12.2. The predicted molar refractivity (Wildman–Crippen MR) is 148 cm³/mol. The standard InChI is InChI=1S/C28H32N5O4P/c1-35-38(2,34)21-8-6-20(7-9-21)23-19-25(32-14-17-36-18-15-32)31-27-22(23)10-12-29-28(27)24-11-13-30-33(24)26-5-3-4-16-37-26/h6-13,19,26H,3-5,14-18H2,1-2H3. The van der Waals surface area contributed by atoms with E-state index in [9.17, 15) is 4.57 Å². The van der Waals surface area contributed by atoms with Gasteiger partial charge in [0.15, 0.2) is 6.23 Å². The van der Waals surface area contributed by atoms with E-state index in [1.165, 1.54) is 7.11 Å². The summed E-state index contributed by atoms with van der Waals surface area (Å²) in [6.45, 7) is 5.24. The lowest BCUT2D eigenvalue weighted by atomic mass is 10.00. The SMILES string of the molecule is COP(C)(=O)c1ccc(-c2cc(N3CCOCC3)nc3c(-c4ccnn4C4CCCCO4)nccc23)cc1. The van der Waals surface area contributed by atoms with E-state index in [1.807, 2.05) is 47.3 Å². The lowest BCUT2D eigenvalue weighted by molar-refractivity contribution is -0.0383. The topological polar surface area (TPSA) is 91.6 Å². The molecule has 0 N–H and O–H groups in total. The summed E-state index contributed by atoms with van der Waals surface area (Å²) in [7, 11) is -1.36. The Hall–Kier alpha value is -3.10. The van der Waals surface area contributed by atoms with Gasteiger partial charge in [0.2, 0.25) is 7.37 Å². The van der Waals surface area contributed by atoms with Crippen molar-refractivity contribution in [2.75, 3.05) is 51.6 Å². The summed E-state index contributed by atoms with van der Waals surface area (Å²) in [5.74, 6) is 0.882. The van der Waals surface area contributed by atoms with Gasteiger partial charge in [-0.1, -0.05) is 12.1 Å². The van der Waals surface area contributed by atoms with E-state index in [2.05, 4.69) is 16.1 Å². The Morgan fingerprint density at radius 2 is 1.84 bits per heavy atom. The van der Waals surface area contributed by atoms with E-state index in [1.54, 1.807) is 12.9 Å². The lowest BCUT2D eigenvalue weighted by Gasteiger charge is -2.29. The van der Waals surface area contributed by atoms with Crippen molar-refractivity contribution in [1.29, 1.82) is 0 Å². The Balaban J connectivity index is 1.52. The molecule has 2 atom stereocenters. The van der Waals surface area contributed by atoms with Crippen LogP contribution in [0.1, 0.15) is 25.5 Å². The van der Waals surface area contributed by atoms with Gasteiger partial charge in [-0.15, -0.1) is 0 Å². The Bertz CT molecular complexity index is 1480. The second-order valence-corrected chi connectivity index (χ2v) is 12.3. The molecular formula is C28H32N5O4P. The van der Waals surface area contributed by atoms with Gasteiger partial charge in [-0.3, -0.25) is 9.55 Å². The Kier molecular flexibility index (Phi) is 7.01. The first-order valence-corrected chi connectivity index (χ1v) is 15.1. The molecule has 0 saturated carbocycles. The third-order valence-electron chi connectivity index (χ3n) is 7.39. The molecule has 38 heavy (non-hydrogen) atoms. The zero-order valence-electron chi connectivity index (χ0n) is 21.7. The number of nitrogens with zero attached hydrogens (tertiary/aromatic N) is 5. The second kappa shape index (κ2) is 10.6. The highest BCUT2D eigenvalue weighted by Gasteiger charge is 2.24. The smallest absolute Gasteiger partial charge is 0.228 e. The van der Waals surface area contributed by atoms with Crippen LogP contribution in [0.3, 0.4) is 0 Å². The van der Waals surface area contributed by atoms with Gasteiger partial charge in [0.1, 0.15) is 17.0 Å². The Labute approximate surface area is 222 Å². The first kappa shape index (κ1) is 25.2. The Morgan fingerprint density at radius 3 is 2.58 bits per heavy atom. The largest absolute Gasteiger partial charge is 0.378 e.